The molecule has 0 unspecified atom stereocenters. The summed E-state index contributed by atoms with van der Waals surface area (Å²) < 4.78 is 5.53. The third-order valence-corrected chi connectivity index (χ3v) is 3.70. The van der Waals surface area contributed by atoms with Crippen molar-refractivity contribution >= 4 is 5.91 Å². The van der Waals surface area contributed by atoms with E-state index in [4.69, 9.17) is 4.74 Å². The Kier molecular flexibility index (Phi) is 5.41. The molecule has 0 aromatic heterocycles. The van der Waals surface area contributed by atoms with Crippen molar-refractivity contribution < 1.29 is 14.6 Å². The fourth-order valence-corrected chi connectivity index (χ4v) is 2.62. The molecule has 0 bridgehead atoms. The van der Waals surface area contributed by atoms with Gasteiger partial charge in [-0.25, -0.2) is 0 Å². The molecule has 110 valence electrons. The fourth-order valence-electron chi connectivity index (χ4n) is 2.62. The molecule has 2 N–H and O–H groups in total. The molecule has 1 saturated carbocycles. The van der Waals surface area contributed by atoms with Gasteiger partial charge in [-0.15, -0.1) is 0 Å². The molecule has 0 spiro atoms. The van der Waals surface area contributed by atoms with E-state index in [-0.39, 0.29) is 12.5 Å². The molecule has 2 rings (SSSR count). The maximum Gasteiger partial charge on any atom is 0.258 e. The summed E-state index contributed by atoms with van der Waals surface area (Å²) in [4.78, 5) is 11.9. The van der Waals surface area contributed by atoms with Gasteiger partial charge in [-0.1, -0.05) is 37.5 Å². The normalized spacial score (nSPS) is 17.5. The number of carbonyl (C=O) groups is 1. The second kappa shape index (κ2) is 7.29. The summed E-state index contributed by atoms with van der Waals surface area (Å²) in [6.07, 6.45) is 5.18. The Hall–Kier alpha value is -1.55. The van der Waals surface area contributed by atoms with Crippen molar-refractivity contribution in [1.82, 2.24) is 5.32 Å². The van der Waals surface area contributed by atoms with Crippen LogP contribution in [0.2, 0.25) is 0 Å². The lowest BCUT2D eigenvalue weighted by molar-refractivity contribution is -0.124. The SMILES string of the molecule is C[C@H](O)c1ccccc1OCC(=O)NC1CCCCC1. The van der Waals surface area contributed by atoms with E-state index in [1.54, 1.807) is 19.1 Å². The summed E-state index contributed by atoms with van der Waals surface area (Å²) in [5.74, 6) is 0.485. The van der Waals surface area contributed by atoms with E-state index < -0.39 is 6.10 Å². The van der Waals surface area contributed by atoms with E-state index in [1.807, 2.05) is 12.1 Å². The van der Waals surface area contributed by atoms with Crippen molar-refractivity contribution in [2.75, 3.05) is 6.61 Å². The van der Waals surface area contributed by atoms with Crippen LogP contribution in [0.15, 0.2) is 24.3 Å². The molecule has 1 atom stereocenters. The molecule has 1 aromatic carbocycles. The minimum atomic E-state index is -0.604. The number of hydrogen-bond acceptors (Lipinski definition) is 3. The summed E-state index contributed by atoms with van der Waals surface area (Å²) in [5.41, 5.74) is 0.706. The van der Waals surface area contributed by atoms with E-state index in [2.05, 4.69) is 5.32 Å². The number of amides is 1. The van der Waals surface area contributed by atoms with Crippen molar-refractivity contribution in [1.29, 1.82) is 0 Å². The van der Waals surface area contributed by atoms with E-state index >= 15 is 0 Å². The molecule has 0 aliphatic heterocycles. The van der Waals surface area contributed by atoms with Crippen LogP contribution in [0.3, 0.4) is 0 Å². The summed E-state index contributed by atoms with van der Waals surface area (Å²) in [6.45, 7) is 1.69. The molecule has 4 heteroatoms. The highest BCUT2D eigenvalue weighted by Crippen LogP contribution is 2.24. The molecule has 1 aromatic rings. The van der Waals surface area contributed by atoms with Crippen LogP contribution in [0.4, 0.5) is 0 Å². The summed E-state index contributed by atoms with van der Waals surface area (Å²) in [7, 11) is 0. The second-order valence-electron chi connectivity index (χ2n) is 5.40. The number of hydrogen-bond donors (Lipinski definition) is 2. The minimum Gasteiger partial charge on any atom is -0.483 e. The highest BCUT2D eigenvalue weighted by atomic mass is 16.5. The molecular weight excluding hydrogens is 254 g/mol. The lowest BCUT2D eigenvalue weighted by atomic mass is 9.95. The highest BCUT2D eigenvalue weighted by molar-refractivity contribution is 5.77. The van der Waals surface area contributed by atoms with Crippen LogP contribution in [0.25, 0.3) is 0 Å². The van der Waals surface area contributed by atoms with Crippen LogP contribution in [-0.2, 0) is 4.79 Å². The number of aliphatic hydroxyl groups excluding tert-OH is 1. The Balaban J connectivity index is 1.83. The third kappa shape index (κ3) is 4.23. The Labute approximate surface area is 120 Å². The van der Waals surface area contributed by atoms with E-state index in [1.165, 1.54) is 19.3 Å². The molecule has 20 heavy (non-hydrogen) atoms. The maximum atomic E-state index is 11.9. The van der Waals surface area contributed by atoms with Gasteiger partial charge in [0.1, 0.15) is 5.75 Å². The van der Waals surface area contributed by atoms with Crippen molar-refractivity contribution in [3.05, 3.63) is 29.8 Å². The highest BCUT2D eigenvalue weighted by Gasteiger charge is 2.16. The van der Waals surface area contributed by atoms with Gasteiger partial charge in [0.05, 0.1) is 6.10 Å². The van der Waals surface area contributed by atoms with Crippen LogP contribution in [0, 0.1) is 0 Å². The van der Waals surface area contributed by atoms with Crippen molar-refractivity contribution in [2.24, 2.45) is 0 Å². The van der Waals surface area contributed by atoms with E-state index in [9.17, 15) is 9.90 Å². The zero-order valence-corrected chi connectivity index (χ0v) is 12.0. The first-order chi connectivity index (χ1) is 9.66. The first-order valence-electron chi connectivity index (χ1n) is 7.36. The molecule has 4 nitrogen and oxygen atoms in total. The van der Waals surface area contributed by atoms with Gasteiger partial charge < -0.3 is 15.2 Å². The molecule has 1 amide bonds. The monoisotopic (exact) mass is 277 g/mol. The smallest absolute Gasteiger partial charge is 0.258 e. The molecule has 1 aliphatic carbocycles. The molecule has 0 heterocycles. The summed E-state index contributed by atoms with van der Waals surface area (Å²) in [5, 5.41) is 12.7. The first-order valence-corrected chi connectivity index (χ1v) is 7.36. The third-order valence-electron chi connectivity index (χ3n) is 3.70. The molecule has 0 saturated heterocycles. The summed E-state index contributed by atoms with van der Waals surface area (Å²) in [6, 6.07) is 7.55. The Morgan fingerprint density at radius 1 is 1.35 bits per heavy atom. The topological polar surface area (TPSA) is 58.6 Å². The van der Waals surface area contributed by atoms with Gasteiger partial charge in [0.2, 0.25) is 0 Å². The lowest BCUT2D eigenvalue weighted by Gasteiger charge is -2.23. The van der Waals surface area contributed by atoms with Gasteiger partial charge in [-0.2, -0.15) is 0 Å². The van der Waals surface area contributed by atoms with Crippen LogP contribution in [0.1, 0.15) is 50.7 Å². The zero-order valence-electron chi connectivity index (χ0n) is 12.0. The zero-order chi connectivity index (χ0) is 14.4. The van der Waals surface area contributed by atoms with Gasteiger partial charge in [0.25, 0.3) is 5.91 Å². The first kappa shape index (κ1) is 14.9. The van der Waals surface area contributed by atoms with E-state index in [0.717, 1.165) is 12.8 Å². The molecule has 1 fully saturated rings. The number of rotatable bonds is 5. The van der Waals surface area contributed by atoms with Gasteiger partial charge >= 0.3 is 0 Å². The fraction of sp³-hybridized carbons (Fsp3) is 0.562. The lowest BCUT2D eigenvalue weighted by Crippen LogP contribution is -2.39. The van der Waals surface area contributed by atoms with Gasteiger partial charge in [-0.05, 0) is 25.8 Å². The number of nitrogens with one attached hydrogen (secondary N) is 1. The quantitative estimate of drug-likeness (QED) is 0.869. The minimum absolute atomic E-state index is 0.000231. The number of ether oxygens (including phenoxy) is 1. The maximum absolute atomic E-state index is 11.9. The standard InChI is InChI=1S/C16H23NO3/c1-12(18)14-9-5-6-10-15(14)20-11-16(19)17-13-7-3-2-4-8-13/h5-6,9-10,12-13,18H,2-4,7-8,11H2,1H3,(H,17,19)/t12-/m0/s1. The predicted molar refractivity (Wildman–Crippen MR) is 77.6 cm³/mol. The van der Waals surface area contributed by atoms with Gasteiger partial charge in [0.15, 0.2) is 6.61 Å². The van der Waals surface area contributed by atoms with Crippen LogP contribution in [-0.4, -0.2) is 23.7 Å². The average Bonchev–Trinajstić information content (AvgIpc) is 2.46. The Bertz CT molecular complexity index is 439. The number of carbonyl (C=O) groups excluding carboxylic acids is 1. The Morgan fingerprint density at radius 3 is 2.75 bits per heavy atom. The molecule has 1 aliphatic rings. The number of benzene rings is 1. The van der Waals surface area contributed by atoms with Crippen LogP contribution in [0.5, 0.6) is 5.75 Å². The van der Waals surface area contributed by atoms with Gasteiger partial charge in [0, 0.05) is 11.6 Å². The largest absolute Gasteiger partial charge is 0.483 e. The summed E-state index contributed by atoms with van der Waals surface area (Å²) >= 11 is 0. The van der Waals surface area contributed by atoms with E-state index in [0.29, 0.717) is 17.4 Å². The molecule has 0 radical (unpaired) electrons. The average molecular weight is 277 g/mol. The predicted octanol–water partition coefficient (Wildman–Crippen LogP) is 2.57. The van der Waals surface area contributed by atoms with Crippen LogP contribution < -0.4 is 10.1 Å². The number of aliphatic hydroxyl groups is 1. The Morgan fingerprint density at radius 2 is 2.05 bits per heavy atom. The second-order valence-corrected chi connectivity index (χ2v) is 5.40. The van der Waals surface area contributed by atoms with Crippen molar-refractivity contribution in [2.45, 2.75) is 51.2 Å². The van der Waals surface area contributed by atoms with Crippen LogP contribution >= 0.6 is 0 Å². The number of para-hydroxylation sites is 1. The molecular formula is C16H23NO3. The van der Waals surface area contributed by atoms with Crippen molar-refractivity contribution in [3.8, 4) is 5.75 Å². The van der Waals surface area contributed by atoms with Crippen molar-refractivity contribution in [3.63, 3.8) is 0 Å². The van der Waals surface area contributed by atoms with Gasteiger partial charge in [-0.3, -0.25) is 4.79 Å².